The highest BCUT2D eigenvalue weighted by Gasteiger charge is 2.38. The molecule has 2 atom stereocenters. The van der Waals surface area contributed by atoms with Crippen LogP contribution in [0.5, 0.6) is 0 Å². The van der Waals surface area contributed by atoms with E-state index >= 15 is 4.39 Å². The number of ether oxygens (including phenoxy) is 2. The number of methoxy groups -OCH3 is 1. The number of hydrogen-bond acceptors (Lipinski definition) is 4. The van der Waals surface area contributed by atoms with E-state index in [4.69, 9.17) is 9.47 Å². The molecular weight excluding hydrogens is 468 g/mol. The van der Waals surface area contributed by atoms with Gasteiger partial charge in [-0.1, -0.05) is 13.8 Å². The molecule has 1 saturated heterocycles. The third-order valence-corrected chi connectivity index (χ3v) is 7.15. The standard InChI is InChI=1S/C27H29F2N3O4/c1-14-9-17(6-7-18(14)28)32-19-10-16-11-30-31-24(16)23(29)22(19)21(25(32)27(2,3)13-35-4)15-5-8-20(26(33)34)36-12-15/h6-7,9-11,15,20H,5,8,12-13H2,1-4H3,(H,30,31)(H,33,34)/t15-,20?/m0/s1. The maximum absolute atomic E-state index is 16.2. The fourth-order valence-corrected chi connectivity index (χ4v) is 5.53. The Hall–Kier alpha value is -3.30. The first-order valence-electron chi connectivity index (χ1n) is 11.9. The Morgan fingerprint density at radius 2 is 2.08 bits per heavy atom. The van der Waals surface area contributed by atoms with Gasteiger partial charge in [0.1, 0.15) is 11.3 Å². The van der Waals surface area contributed by atoms with E-state index in [1.807, 2.05) is 24.5 Å². The van der Waals surface area contributed by atoms with Gasteiger partial charge in [0, 0.05) is 40.6 Å². The third kappa shape index (κ3) is 3.87. The molecule has 2 aromatic carbocycles. The first-order valence-corrected chi connectivity index (χ1v) is 11.9. The Morgan fingerprint density at radius 1 is 1.31 bits per heavy atom. The van der Waals surface area contributed by atoms with Gasteiger partial charge in [-0.3, -0.25) is 5.10 Å². The number of H-pyrrole nitrogens is 1. The number of halogens is 2. The van der Waals surface area contributed by atoms with E-state index in [9.17, 15) is 14.3 Å². The smallest absolute Gasteiger partial charge is 0.332 e. The van der Waals surface area contributed by atoms with Crippen LogP contribution in [0, 0.1) is 18.6 Å². The number of carboxylic acid groups (broad SMARTS) is 1. The van der Waals surface area contributed by atoms with E-state index < -0.39 is 23.3 Å². The number of nitrogens with zero attached hydrogens (tertiary/aromatic N) is 2. The Bertz CT molecular complexity index is 1470. The molecule has 3 heterocycles. The molecule has 1 aliphatic heterocycles. The summed E-state index contributed by atoms with van der Waals surface area (Å²) in [5, 5.41) is 17.3. The molecule has 36 heavy (non-hydrogen) atoms. The van der Waals surface area contributed by atoms with Crippen LogP contribution in [0.3, 0.4) is 0 Å². The lowest BCUT2D eigenvalue weighted by atomic mass is 9.80. The van der Waals surface area contributed by atoms with Crippen molar-refractivity contribution in [1.82, 2.24) is 14.8 Å². The Labute approximate surface area is 207 Å². The number of aromatic amines is 1. The highest BCUT2D eigenvalue weighted by Crippen LogP contribution is 2.46. The van der Waals surface area contributed by atoms with Gasteiger partial charge in [0.15, 0.2) is 11.9 Å². The van der Waals surface area contributed by atoms with E-state index in [-0.39, 0.29) is 18.3 Å². The van der Waals surface area contributed by atoms with Crippen molar-refractivity contribution in [3.05, 3.63) is 58.9 Å². The fourth-order valence-electron chi connectivity index (χ4n) is 5.53. The van der Waals surface area contributed by atoms with Crippen LogP contribution in [0.2, 0.25) is 0 Å². The minimum Gasteiger partial charge on any atom is -0.479 e. The first-order chi connectivity index (χ1) is 17.1. The number of benzene rings is 2. The van der Waals surface area contributed by atoms with Crippen LogP contribution in [-0.4, -0.2) is 52.3 Å². The number of carbonyl (C=O) groups is 1. The van der Waals surface area contributed by atoms with Crippen molar-refractivity contribution >= 4 is 27.8 Å². The molecule has 1 unspecified atom stereocenters. The predicted molar refractivity (Wildman–Crippen MR) is 132 cm³/mol. The molecule has 9 heteroatoms. The lowest BCUT2D eigenvalue weighted by Crippen LogP contribution is -2.33. The van der Waals surface area contributed by atoms with Gasteiger partial charge in [-0.05, 0) is 55.2 Å². The summed E-state index contributed by atoms with van der Waals surface area (Å²) in [6, 6.07) is 6.74. The maximum Gasteiger partial charge on any atom is 0.332 e. The normalized spacial score (nSPS) is 18.8. The van der Waals surface area contributed by atoms with Crippen molar-refractivity contribution in [2.24, 2.45) is 0 Å². The minimum atomic E-state index is -0.997. The van der Waals surface area contributed by atoms with E-state index in [1.165, 1.54) is 6.07 Å². The van der Waals surface area contributed by atoms with Crippen molar-refractivity contribution in [1.29, 1.82) is 0 Å². The Kier molecular flexibility index (Phi) is 6.08. The quantitative estimate of drug-likeness (QED) is 0.374. The largest absolute Gasteiger partial charge is 0.479 e. The topological polar surface area (TPSA) is 89.4 Å². The second-order valence-corrected chi connectivity index (χ2v) is 10.2. The molecule has 0 bridgehead atoms. The third-order valence-electron chi connectivity index (χ3n) is 7.15. The summed E-state index contributed by atoms with van der Waals surface area (Å²) in [5.74, 6) is -1.99. The van der Waals surface area contributed by atoms with Crippen molar-refractivity contribution in [3.8, 4) is 5.69 Å². The lowest BCUT2D eigenvalue weighted by molar-refractivity contribution is -0.153. The first kappa shape index (κ1) is 24.4. The minimum absolute atomic E-state index is 0.148. The van der Waals surface area contributed by atoms with Gasteiger partial charge in [0.2, 0.25) is 0 Å². The van der Waals surface area contributed by atoms with Crippen LogP contribution in [0.15, 0.2) is 30.5 Å². The number of fused-ring (bicyclic) bond motifs is 2. The molecule has 0 saturated carbocycles. The van der Waals surface area contributed by atoms with Gasteiger partial charge in [-0.2, -0.15) is 5.10 Å². The number of aromatic nitrogens is 3. The van der Waals surface area contributed by atoms with Gasteiger partial charge >= 0.3 is 5.97 Å². The summed E-state index contributed by atoms with van der Waals surface area (Å²) in [5.41, 5.74) is 3.11. The zero-order valence-electron chi connectivity index (χ0n) is 20.7. The maximum atomic E-state index is 16.2. The van der Waals surface area contributed by atoms with Gasteiger partial charge in [-0.25, -0.2) is 13.6 Å². The second kappa shape index (κ2) is 8.97. The van der Waals surface area contributed by atoms with E-state index in [0.717, 1.165) is 11.3 Å². The van der Waals surface area contributed by atoms with Gasteiger partial charge < -0.3 is 19.1 Å². The molecule has 2 aromatic heterocycles. The summed E-state index contributed by atoms with van der Waals surface area (Å²) in [4.78, 5) is 11.5. The summed E-state index contributed by atoms with van der Waals surface area (Å²) in [6.45, 7) is 6.24. The van der Waals surface area contributed by atoms with Gasteiger partial charge in [0.05, 0.1) is 24.9 Å². The molecule has 4 aromatic rings. The summed E-state index contributed by atoms with van der Waals surface area (Å²) < 4.78 is 43.8. The van der Waals surface area contributed by atoms with Crippen LogP contribution in [-0.2, 0) is 19.7 Å². The average molecular weight is 498 g/mol. The number of hydrogen-bond donors (Lipinski definition) is 2. The van der Waals surface area contributed by atoms with Gasteiger partial charge in [-0.15, -0.1) is 0 Å². The molecule has 1 aliphatic rings. The highest BCUT2D eigenvalue weighted by molar-refractivity contribution is 6.00. The fraction of sp³-hybridized carbons (Fsp3) is 0.407. The molecule has 0 radical (unpaired) electrons. The van der Waals surface area contributed by atoms with Crippen LogP contribution in [0.4, 0.5) is 8.78 Å². The average Bonchev–Trinajstić information content (AvgIpc) is 3.45. The van der Waals surface area contributed by atoms with Crippen LogP contribution in [0.25, 0.3) is 27.5 Å². The van der Waals surface area contributed by atoms with Crippen LogP contribution < -0.4 is 0 Å². The van der Waals surface area contributed by atoms with Crippen molar-refractivity contribution in [2.45, 2.75) is 51.0 Å². The number of aryl methyl sites for hydroxylation is 1. The zero-order chi connectivity index (χ0) is 25.8. The Balaban J connectivity index is 1.87. The van der Waals surface area contributed by atoms with Crippen molar-refractivity contribution in [3.63, 3.8) is 0 Å². The molecule has 0 amide bonds. The monoisotopic (exact) mass is 497 g/mol. The van der Waals surface area contributed by atoms with Crippen LogP contribution in [0.1, 0.15) is 49.4 Å². The molecule has 2 N–H and O–H groups in total. The molecule has 5 rings (SSSR count). The van der Waals surface area contributed by atoms with Crippen LogP contribution >= 0.6 is 0 Å². The van der Waals surface area contributed by atoms with Gasteiger partial charge in [0.25, 0.3) is 0 Å². The lowest BCUT2D eigenvalue weighted by Gasteiger charge is -2.32. The molecule has 190 valence electrons. The molecule has 0 spiro atoms. The van der Waals surface area contributed by atoms with Crippen molar-refractivity contribution < 1.29 is 28.2 Å². The molecule has 0 aliphatic carbocycles. The van der Waals surface area contributed by atoms with E-state index in [2.05, 4.69) is 10.2 Å². The Morgan fingerprint density at radius 3 is 2.72 bits per heavy atom. The number of rotatable bonds is 6. The number of nitrogens with one attached hydrogen (secondary N) is 1. The van der Waals surface area contributed by atoms with E-state index in [0.29, 0.717) is 52.5 Å². The molecule has 7 nitrogen and oxygen atoms in total. The summed E-state index contributed by atoms with van der Waals surface area (Å²) in [7, 11) is 1.62. The van der Waals surface area contributed by atoms with E-state index in [1.54, 1.807) is 32.4 Å². The zero-order valence-corrected chi connectivity index (χ0v) is 20.7. The highest BCUT2D eigenvalue weighted by atomic mass is 19.1. The predicted octanol–water partition coefficient (Wildman–Crippen LogP) is 5.36. The second-order valence-electron chi connectivity index (χ2n) is 10.2. The molecule has 1 fully saturated rings. The van der Waals surface area contributed by atoms with Crippen molar-refractivity contribution in [2.75, 3.05) is 20.3 Å². The number of aliphatic carboxylic acids is 1. The summed E-state index contributed by atoms with van der Waals surface area (Å²) in [6.07, 6.45) is 1.54. The molecular formula is C27H29F2N3O4. The SMILES string of the molecule is COCC(C)(C)c1c([C@H]2CCC(C(=O)O)OC2)c2c(F)c3[nH]ncc3cc2n1-c1ccc(F)c(C)c1. The number of carboxylic acids is 1. The summed E-state index contributed by atoms with van der Waals surface area (Å²) >= 11 is 0.